The second-order valence-electron chi connectivity index (χ2n) is 12.4. The van der Waals surface area contributed by atoms with E-state index in [-0.39, 0.29) is 39.0 Å². The molecule has 55 heavy (non-hydrogen) atoms. The van der Waals surface area contributed by atoms with E-state index in [9.17, 15) is 63.6 Å². The van der Waals surface area contributed by atoms with Crippen LogP contribution in [0.2, 0.25) is 0 Å². The van der Waals surface area contributed by atoms with Crippen molar-refractivity contribution in [2.75, 3.05) is 6.54 Å². The van der Waals surface area contributed by atoms with E-state index in [1.807, 2.05) is 0 Å². The van der Waals surface area contributed by atoms with E-state index < -0.39 is 110 Å². The van der Waals surface area contributed by atoms with Gasteiger partial charge in [-0.05, 0) is 55.9 Å². The Bertz CT molecular complexity index is 1670. The zero-order valence-corrected chi connectivity index (χ0v) is 29.6. The van der Waals surface area contributed by atoms with Crippen molar-refractivity contribution in [2.45, 2.75) is 83.0 Å². The molecule has 0 saturated heterocycles. The summed E-state index contributed by atoms with van der Waals surface area (Å²) in [5, 5.41) is 52.2. The highest BCUT2D eigenvalue weighted by Crippen LogP contribution is 2.24. The molecule has 2 rings (SSSR count). The molecule has 300 valence electrons. The van der Waals surface area contributed by atoms with Crippen LogP contribution in [-0.2, 0) is 62.7 Å². The highest BCUT2D eigenvalue weighted by molar-refractivity contribution is 5.87. The number of rotatable bonds is 28. The van der Waals surface area contributed by atoms with Crippen molar-refractivity contribution >= 4 is 54.0 Å². The van der Waals surface area contributed by atoms with Crippen LogP contribution in [0.5, 0.6) is 5.75 Å². The zero-order valence-electron chi connectivity index (χ0n) is 29.6. The third-order valence-electron chi connectivity index (χ3n) is 8.44. The normalized spacial score (nSPS) is 12.9. The maximum atomic E-state index is 13.5. The lowest BCUT2D eigenvalue weighted by Crippen LogP contribution is -2.47. The largest absolute Gasteiger partial charge is 0.489 e. The van der Waals surface area contributed by atoms with E-state index in [1.54, 1.807) is 30.3 Å². The molecule has 0 radical (unpaired) electrons. The average Bonchev–Trinajstić information content (AvgIpc) is 3.58. The minimum absolute atomic E-state index is 0.134. The number of furan rings is 1. The van der Waals surface area contributed by atoms with Crippen LogP contribution in [0, 0.1) is 11.8 Å². The molecule has 1 aromatic heterocycles. The van der Waals surface area contributed by atoms with Crippen molar-refractivity contribution in [2.24, 2.45) is 17.6 Å². The van der Waals surface area contributed by atoms with E-state index in [4.69, 9.17) is 20.0 Å². The molecule has 0 aliphatic heterocycles. The SMILES string of the molecule is NC(=O)CC[C@@H](C(=O)O)N(CCc1ccc(OCc2coc(CNC=O)c2)cc1)C(=O)CC[C@H](NC(=O)CC[C@@H](C(=O)O)[C@H](CCC(=O)O)C(=O)O)C(=O)O. The maximum absolute atomic E-state index is 13.5. The Labute approximate surface area is 313 Å². The molecule has 0 fully saturated rings. The number of ether oxygens (including phenoxy) is 1. The Balaban J connectivity index is 2.10. The van der Waals surface area contributed by atoms with Gasteiger partial charge in [-0.15, -0.1) is 0 Å². The summed E-state index contributed by atoms with van der Waals surface area (Å²) in [5.74, 6) is -12.4. The third kappa shape index (κ3) is 16.0. The van der Waals surface area contributed by atoms with E-state index in [1.165, 1.54) is 6.26 Å². The van der Waals surface area contributed by atoms with Crippen LogP contribution in [0.4, 0.5) is 0 Å². The van der Waals surface area contributed by atoms with Gasteiger partial charge in [-0.2, -0.15) is 0 Å². The number of carbonyl (C=O) groups excluding carboxylic acids is 4. The average molecular weight is 777 g/mol. The number of carboxylic acids is 5. The number of nitrogens with zero attached hydrogens (tertiary/aromatic N) is 1. The quantitative estimate of drug-likeness (QED) is 0.0548. The highest BCUT2D eigenvalue weighted by atomic mass is 16.5. The summed E-state index contributed by atoms with van der Waals surface area (Å²) in [4.78, 5) is 108. The number of carboxylic acid groups (broad SMARTS) is 5. The van der Waals surface area contributed by atoms with Gasteiger partial charge in [0.2, 0.25) is 24.1 Å². The molecule has 0 aliphatic carbocycles. The van der Waals surface area contributed by atoms with Gasteiger partial charge in [0.1, 0.15) is 30.2 Å². The second kappa shape index (κ2) is 22.6. The summed E-state index contributed by atoms with van der Waals surface area (Å²) in [6.45, 7) is 0.204. The predicted molar refractivity (Wildman–Crippen MR) is 185 cm³/mol. The number of primary amides is 1. The van der Waals surface area contributed by atoms with Gasteiger partial charge in [0, 0.05) is 37.8 Å². The van der Waals surface area contributed by atoms with Crippen molar-refractivity contribution in [1.29, 1.82) is 0 Å². The number of hydrogen-bond donors (Lipinski definition) is 8. The number of benzene rings is 1. The van der Waals surface area contributed by atoms with E-state index in [0.29, 0.717) is 29.0 Å². The molecule has 0 spiro atoms. The lowest BCUT2D eigenvalue weighted by atomic mass is 9.85. The fraction of sp³-hybridized carbons (Fsp3) is 0.457. The van der Waals surface area contributed by atoms with Crippen LogP contribution in [0.1, 0.15) is 68.3 Å². The monoisotopic (exact) mass is 776 g/mol. The number of nitrogens with one attached hydrogen (secondary N) is 2. The molecule has 0 unspecified atom stereocenters. The first-order chi connectivity index (χ1) is 26.0. The molecule has 20 nitrogen and oxygen atoms in total. The molecule has 4 atom stereocenters. The fourth-order valence-corrected chi connectivity index (χ4v) is 5.55. The van der Waals surface area contributed by atoms with Crippen molar-refractivity contribution in [3.8, 4) is 5.75 Å². The van der Waals surface area contributed by atoms with Gasteiger partial charge in [0.15, 0.2) is 0 Å². The number of nitrogens with two attached hydrogens (primary N) is 1. The summed E-state index contributed by atoms with van der Waals surface area (Å²) in [6, 6.07) is 5.17. The summed E-state index contributed by atoms with van der Waals surface area (Å²) in [5.41, 5.74) is 6.60. The molecule has 0 saturated carbocycles. The first kappa shape index (κ1) is 44.7. The highest BCUT2D eigenvalue weighted by Gasteiger charge is 2.35. The van der Waals surface area contributed by atoms with Crippen LogP contribution in [0.15, 0.2) is 41.0 Å². The standard InChI is InChI=1S/C35H44N4O16/c36-28(41)9-8-27(35(52)53)39(14-13-20-1-3-22(4-2-20)54-17-21-15-23(55-18-21)16-37-19-40)30(43)11-7-26(34(50)51)38-29(42)10-5-24(32(46)47)25(33(48)49)6-12-31(44)45/h1-4,15,18-19,24-27H,5-14,16-17H2,(H2,36,41)(H,37,40)(H,38,42)(H,44,45)(H,46,47)(H,48,49)(H,50,51)(H,52,53)/t24-,25+,26+,27+/m1/s1. The summed E-state index contributed by atoms with van der Waals surface area (Å²) < 4.78 is 11.1. The minimum Gasteiger partial charge on any atom is -0.489 e. The Kier molecular flexibility index (Phi) is 18.3. The molecular formula is C35H44N4O16. The van der Waals surface area contributed by atoms with Crippen LogP contribution in [0.3, 0.4) is 0 Å². The predicted octanol–water partition coefficient (Wildman–Crippen LogP) is 0.591. The Hall–Kier alpha value is -6.47. The molecule has 0 bridgehead atoms. The van der Waals surface area contributed by atoms with Crippen molar-refractivity contribution in [1.82, 2.24) is 15.5 Å². The van der Waals surface area contributed by atoms with Gasteiger partial charge in [-0.1, -0.05) is 12.1 Å². The summed E-state index contributed by atoms with van der Waals surface area (Å²) in [7, 11) is 0. The first-order valence-electron chi connectivity index (χ1n) is 17.0. The Morgan fingerprint density at radius 2 is 1.42 bits per heavy atom. The van der Waals surface area contributed by atoms with Crippen LogP contribution < -0.4 is 21.1 Å². The number of carbonyl (C=O) groups is 9. The van der Waals surface area contributed by atoms with E-state index in [0.717, 1.165) is 4.90 Å². The van der Waals surface area contributed by atoms with Gasteiger partial charge in [-0.3, -0.25) is 33.6 Å². The Morgan fingerprint density at radius 1 is 0.782 bits per heavy atom. The lowest BCUT2D eigenvalue weighted by molar-refractivity contribution is -0.155. The van der Waals surface area contributed by atoms with Crippen molar-refractivity contribution in [3.63, 3.8) is 0 Å². The minimum atomic E-state index is -1.69. The lowest BCUT2D eigenvalue weighted by Gasteiger charge is -2.29. The van der Waals surface area contributed by atoms with Crippen molar-refractivity contribution in [3.05, 3.63) is 53.5 Å². The second-order valence-corrected chi connectivity index (χ2v) is 12.4. The first-order valence-corrected chi connectivity index (χ1v) is 17.0. The molecule has 20 heteroatoms. The van der Waals surface area contributed by atoms with Gasteiger partial charge >= 0.3 is 29.8 Å². The van der Waals surface area contributed by atoms with Gasteiger partial charge < -0.3 is 56.0 Å². The van der Waals surface area contributed by atoms with Crippen LogP contribution >= 0.6 is 0 Å². The van der Waals surface area contributed by atoms with Crippen molar-refractivity contribution < 1.29 is 77.8 Å². The fourth-order valence-electron chi connectivity index (χ4n) is 5.55. The van der Waals surface area contributed by atoms with E-state index >= 15 is 0 Å². The molecule has 9 N–H and O–H groups in total. The smallest absolute Gasteiger partial charge is 0.326 e. The van der Waals surface area contributed by atoms with Gasteiger partial charge in [0.25, 0.3) is 0 Å². The molecule has 1 aromatic carbocycles. The molecule has 0 aliphatic rings. The summed E-state index contributed by atoms with van der Waals surface area (Å²) in [6.07, 6.45) is -1.99. The number of aliphatic carboxylic acids is 5. The molecule has 4 amide bonds. The van der Waals surface area contributed by atoms with E-state index in [2.05, 4.69) is 10.6 Å². The number of amides is 4. The van der Waals surface area contributed by atoms with Gasteiger partial charge in [0.05, 0.1) is 24.6 Å². The maximum Gasteiger partial charge on any atom is 0.326 e. The third-order valence-corrected chi connectivity index (χ3v) is 8.44. The Morgan fingerprint density at radius 3 is 1.96 bits per heavy atom. The van der Waals surface area contributed by atoms with Gasteiger partial charge in [-0.25, -0.2) is 9.59 Å². The molecular weight excluding hydrogens is 732 g/mol. The molecule has 1 heterocycles. The summed E-state index contributed by atoms with van der Waals surface area (Å²) >= 11 is 0. The zero-order chi connectivity index (χ0) is 41.1. The van der Waals surface area contributed by atoms with Crippen LogP contribution in [0.25, 0.3) is 0 Å². The topological polar surface area (TPSA) is 330 Å². The van der Waals surface area contributed by atoms with Crippen LogP contribution in [-0.4, -0.2) is 103 Å². The molecule has 2 aromatic rings. The number of hydrogen-bond acceptors (Lipinski definition) is 11.